The van der Waals surface area contributed by atoms with E-state index in [1.807, 2.05) is 48.8 Å². The summed E-state index contributed by atoms with van der Waals surface area (Å²) >= 11 is 0. The molecule has 0 saturated heterocycles. The third-order valence-corrected chi connectivity index (χ3v) is 5.78. The highest BCUT2D eigenvalue weighted by atomic mass is 16.5. The molecule has 6 heteroatoms. The molecule has 2 heterocycles. The number of hydrogen-bond donors (Lipinski definition) is 0. The molecule has 2 aromatic carbocycles. The third kappa shape index (κ3) is 4.26. The summed E-state index contributed by atoms with van der Waals surface area (Å²) in [5.41, 5.74) is 2.14. The van der Waals surface area contributed by atoms with Crippen LogP contribution in [0.4, 0.5) is 0 Å². The van der Waals surface area contributed by atoms with Crippen LogP contribution in [0.15, 0.2) is 48.8 Å². The minimum atomic E-state index is 0.721. The van der Waals surface area contributed by atoms with Crippen LogP contribution in [0.5, 0.6) is 23.0 Å². The molecule has 32 heavy (non-hydrogen) atoms. The third-order valence-electron chi connectivity index (χ3n) is 5.78. The van der Waals surface area contributed by atoms with Crippen LogP contribution in [-0.2, 0) is 12.8 Å². The van der Waals surface area contributed by atoms with E-state index in [1.165, 1.54) is 0 Å². The first-order valence-corrected chi connectivity index (χ1v) is 10.7. The lowest BCUT2D eigenvalue weighted by Crippen LogP contribution is -1.98. The molecule has 0 fully saturated rings. The molecule has 0 spiro atoms. The summed E-state index contributed by atoms with van der Waals surface area (Å²) < 4.78 is 21.8. The topological polar surface area (TPSA) is 62.7 Å². The second-order valence-corrected chi connectivity index (χ2v) is 7.58. The van der Waals surface area contributed by atoms with Crippen LogP contribution in [0.2, 0.25) is 0 Å². The lowest BCUT2D eigenvalue weighted by molar-refractivity contribution is 0.356. The number of benzene rings is 2. The van der Waals surface area contributed by atoms with Gasteiger partial charge in [-0.2, -0.15) is 0 Å². The molecule has 4 aromatic rings. The van der Waals surface area contributed by atoms with Gasteiger partial charge in [0.25, 0.3) is 0 Å². The van der Waals surface area contributed by atoms with Crippen LogP contribution < -0.4 is 18.9 Å². The Morgan fingerprint density at radius 1 is 0.562 bits per heavy atom. The van der Waals surface area contributed by atoms with Gasteiger partial charge in [-0.3, -0.25) is 9.97 Å². The van der Waals surface area contributed by atoms with Crippen LogP contribution in [0.3, 0.4) is 0 Å². The maximum absolute atomic E-state index is 5.48. The molecule has 0 atom stereocenters. The molecule has 0 radical (unpaired) electrons. The first kappa shape index (κ1) is 21.7. The predicted octanol–water partition coefficient (Wildman–Crippen LogP) is 5.38. The molecule has 0 aliphatic heterocycles. The zero-order valence-corrected chi connectivity index (χ0v) is 19.0. The SMILES string of the molecule is COc1cc2ccnc(CCCCc3nccc4cc(OC)c(OC)cc34)c2cc1OC. The molecule has 0 aliphatic carbocycles. The zero-order valence-electron chi connectivity index (χ0n) is 19.0. The number of methoxy groups -OCH3 is 4. The fourth-order valence-electron chi connectivity index (χ4n) is 4.10. The summed E-state index contributed by atoms with van der Waals surface area (Å²) in [6, 6.07) is 12.0. The fourth-order valence-corrected chi connectivity index (χ4v) is 4.10. The van der Waals surface area contributed by atoms with Crippen molar-refractivity contribution in [3.63, 3.8) is 0 Å². The van der Waals surface area contributed by atoms with Gasteiger partial charge in [0, 0.05) is 34.6 Å². The van der Waals surface area contributed by atoms with E-state index in [1.54, 1.807) is 28.4 Å². The molecule has 0 aliphatic rings. The number of aromatic nitrogens is 2. The monoisotopic (exact) mass is 432 g/mol. The standard InChI is InChI=1S/C26H28N2O4/c1-29-23-13-17-9-11-27-21(19(17)15-25(23)31-3)7-5-6-8-22-20-16-26(32-4)24(30-2)14-18(20)10-12-28-22/h9-16H,5-8H2,1-4H3. The highest BCUT2D eigenvalue weighted by Crippen LogP contribution is 2.34. The van der Waals surface area contributed by atoms with Crippen molar-refractivity contribution in [2.75, 3.05) is 28.4 Å². The van der Waals surface area contributed by atoms with Gasteiger partial charge in [-0.05, 0) is 72.9 Å². The molecule has 4 rings (SSSR count). The highest BCUT2D eigenvalue weighted by molar-refractivity contribution is 5.88. The maximum atomic E-state index is 5.48. The number of nitrogens with zero attached hydrogens (tertiary/aromatic N) is 2. The van der Waals surface area contributed by atoms with Crippen molar-refractivity contribution in [3.05, 3.63) is 60.2 Å². The summed E-state index contributed by atoms with van der Waals surface area (Å²) in [7, 11) is 6.61. The number of aryl methyl sites for hydroxylation is 2. The Hall–Kier alpha value is -3.54. The van der Waals surface area contributed by atoms with E-state index in [-0.39, 0.29) is 0 Å². The van der Waals surface area contributed by atoms with Crippen LogP contribution in [0.1, 0.15) is 24.2 Å². The number of ether oxygens (including phenoxy) is 4. The van der Waals surface area contributed by atoms with Gasteiger partial charge in [0.2, 0.25) is 0 Å². The van der Waals surface area contributed by atoms with Crippen molar-refractivity contribution in [2.24, 2.45) is 0 Å². The highest BCUT2D eigenvalue weighted by Gasteiger charge is 2.12. The number of rotatable bonds is 9. The van der Waals surface area contributed by atoms with Gasteiger partial charge < -0.3 is 18.9 Å². The largest absolute Gasteiger partial charge is 0.493 e. The number of fused-ring (bicyclic) bond motifs is 2. The molecule has 6 nitrogen and oxygen atoms in total. The molecule has 0 bridgehead atoms. The van der Waals surface area contributed by atoms with Crippen molar-refractivity contribution in [1.82, 2.24) is 9.97 Å². The average molecular weight is 433 g/mol. The summed E-state index contributed by atoms with van der Waals surface area (Å²) in [5, 5.41) is 4.41. The van der Waals surface area contributed by atoms with Crippen molar-refractivity contribution in [2.45, 2.75) is 25.7 Å². The molecule has 0 unspecified atom stereocenters. The summed E-state index contributed by atoms with van der Waals surface area (Å²) in [5.74, 6) is 2.90. The van der Waals surface area contributed by atoms with E-state index in [2.05, 4.69) is 9.97 Å². The zero-order chi connectivity index (χ0) is 22.5. The van der Waals surface area contributed by atoms with Gasteiger partial charge in [-0.1, -0.05) is 0 Å². The molecule has 0 N–H and O–H groups in total. The Morgan fingerprint density at radius 3 is 1.31 bits per heavy atom. The molecular formula is C26H28N2O4. The van der Waals surface area contributed by atoms with E-state index in [4.69, 9.17) is 18.9 Å². The molecule has 2 aromatic heterocycles. The van der Waals surface area contributed by atoms with E-state index >= 15 is 0 Å². The van der Waals surface area contributed by atoms with Crippen LogP contribution >= 0.6 is 0 Å². The second kappa shape index (κ2) is 9.73. The Labute approximate surface area is 188 Å². The van der Waals surface area contributed by atoms with Crippen molar-refractivity contribution in [3.8, 4) is 23.0 Å². The van der Waals surface area contributed by atoms with E-state index in [9.17, 15) is 0 Å². The Morgan fingerprint density at radius 2 is 0.938 bits per heavy atom. The van der Waals surface area contributed by atoms with Crippen molar-refractivity contribution in [1.29, 1.82) is 0 Å². The molecule has 0 saturated carbocycles. The minimum absolute atomic E-state index is 0.721. The van der Waals surface area contributed by atoms with E-state index in [0.29, 0.717) is 0 Å². The normalized spacial score (nSPS) is 11.0. The fraction of sp³-hybridized carbons (Fsp3) is 0.308. The van der Waals surface area contributed by atoms with Gasteiger partial charge in [0.1, 0.15) is 0 Å². The van der Waals surface area contributed by atoms with Gasteiger partial charge in [-0.15, -0.1) is 0 Å². The minimum Gasteiger partial charge on any atom is -0.493 e. The van der Waals surface area contributed by atoms with Crippen LogP contribution in [0, 0.1) is 0 Å². The van der Waals surface area contributed by atoms with E-state index < -0.39 is 0 Å². The van der Waals surface area contributed by atoms with Crippen LogP contribution in [0.25, 0.3) is 21.5 Å². The summed E-state index contributed by atoms with van der Waals surface area (Å²) in [4.78, 5) is 9.26. The van der Waals surface area contributed by atoms with Gasteiger partial charge in [-0.25, -0.2) is 0 Å². The summed E-state index contributed by atoms with van der Waals surface area (Å²) in [6.45, 7) is 0. The Bertz CT molecular complexity index is 1140. The predicted molar refractivity (Wildman–Crippen MR) is 126 cm³/mol. The Kier molecular flexibility index (Phi) is 6.59. The molecular weight excluding hydrogens is 404 g/mol. The lowest BCUT2D eigenvalue weighted by atomic mass is 10.0. The first-order valence-electron chi connectivity index (χ1n) is 10.7. The second-order valence-electron chi connectivity index (χ2n) is 7.58. The van der Waals surface area contributed by atoms with E-state index in [0.717, 1.165) is 81.6 Å². The molecule has 166 valence electrons. The molecule has 0 amide bonds. The Balaban J connectivity index is 1.50. The average Bonchev–Trinajstić information content (AvgIpc) is 2.84. The van der Waals surface area contributed by atoms with Crippen molar-refractivity contribution >= 4 is 21.5 Å². The lowest BCUT2D eigenvalue weighted by Gasteiger charge is -2.12. The van der Waals surface area contributed by atoms with Gasteiger partial charge >= 0.3 is 0 Å². The van der Waals surface area contributed by atoms with Gasteiger partial charge in [0.05, 0.1) is 28.4 Å². The van der Waals surface area contributed by atoms with Crippen molar-refractivity contribution < 1.29 is 18.9 Å². The van der Waals surface area contributed by atoms with Gasteiger partial charge in [0.15, 0.2) is 23.0 Å². The number of pyridine rings is 2. The van der Waals surface area contributed by atoms with Crippen LogP contribution in [-0.4, -0.2) is 38.4 Å². The smallest absolute Gasteiger partial charge is 0.161 e. The number of hydrogen-bond acceptors (Lipinski definition) is 6. The number of unbranched alkanes of at least 4 members (excludes halogenated alkanes) is 1. The summed E-state index contributed by atoms with van der Waals surface area (Å²) in [6.07, 6.45) is 7.49. The maximum Gasteiger partial charge on any atom is 0.161 e. The quantitative estimate of drug-likeness (QED) is 0.331. The first-order chi connectivity index (χ1) is 15.7.